The minimum atomic E-state index is 0.796. The fourth-order valence-electron chi connectivity index (χ4n) is 3.08. The van der Waals surface area contributed by atoms with Gasteiger partial charge in [0, 0.05) is 35.9 Å². The second-order valence-electron chi connectivity index (χ2n) is 6.09. The van der Waals surface area contributed by atoms with E-state index < -0.39 is 0 Å². The number of anilines is 1. The van der Waals surface area contributed by atoms with E-state index >= 15 is 0 Å². The smallest absolute Gasteiger partial charge is 0.133 e. The molecule has 1 aromatic rings. The van der Waals surface area contributed by atoms with Crippen LogP contribution in [-0.4, -0.2) is 25.1 Å². The van der Waals surface area contributed by atoms with Crippen LogP contribution in [0, 0.1) is 11.8 Å². The summed E-state index contributed by atoms with van der Waals surface area (Å²) in [5, 5.41) is 3.25. The number of nitrogens with one attached hydrogen (secondary N) is 1. The molecule has 0 aliphatic carbocycles. The summed E-state index contributed by atoms with van der Waals surface area (Å²) >= 11 is 3.53. The van der Waals surface area contributed by atoms with Crippen molar-refractivity contribution < 1.29 is 0 Å². The molecule has 1 aliphatic heterocycles. The lowest BCUT2D eigenvalue weighted by Crippen LogP contribution is -2.27. The molecule has 0 saturated carbocycles. The minimum absolute atomic E-state index is 0.796. The molecular weight excluding hydrogens is 314 g/mol. The average molecular weight is 340 g/mol. The summed E-state index contributed by atoms with van der Waals surface area (Å²) in [5.41, 5.74) is 1.28. The van der Waals surface area contributed by atoms with Gasteiger partial charge in [0.25, 0.3) is 0 Å². The number of pyridine rings is 1. The molecule has 1 unspecified atom stereocenters. The van der Waals surface area contributed by atoms with Crippen molar-refractivity contribution in [2.75, 3.05) is 25.0 Å². The quantitative estimate of drug-likeness (QED) is 0.903. The van der Waals surface area contributed by atoms with E-state index in [4.69, 9.17) is 0 Å². The molecule has 20 heavy (non-hydrogen) atoms. The summed E-state index contributed by atoms with van der Waals surface area (Å²) in [6, 6.07) is 2.18. The fourth-order valence-corrected chi connectivity index (χ4v) is 3.46. The second kappa shape index (κ2) is 7.41. The zero-order valence-electron chi connectivity index (χ0n) is 12.8. The van der Waals surface area contributed by atoms with Gasteiger partial charge in [0.2, 0.25) is 0 Å². The molecule has 0 radical (unpaired) electrons. The van der Waals surface area contributed by atoms with Crippen molar-refractivity contribution in [1.82, 2.24) is 10.3 Å². The molecule has 1 saturated heterocycles. The van der Waals surface area contributed by atoms with Gasteiger partial charge in [0.1, 0.15) is 5.82 Å². The van der Waals surface area contributed by atoms with Gasteiger partial charge in [-0.3, -0.25) is 0 Å². The maximum atomic E-state index is 4.67. The first-order valence-electron chi connectivity index (χ1n) is 7.65. The van der Waals surface area contributed by atoms with Crippen molar-refractivity contribution in [3.63, 3.8) is 0 Å². The van der Waals surface area contributed by atoms with Crippen LogP contribution >= 0.6 is 15.9 Å². The third kappa shape index (κ3) is 3.95. The molecule has 0 amide bonds. The molecule has 1 N–H and O–H groups in total. The predicted octanol–water partition coefficient (Wildman–Crippen LogP) is 3.83. The number of rotatable bonds is 4. The van der Waals surface area contributed by atoms with Crippen LogP contribution < -0.4 is 10.2 Å². The van der Waals surface area contributed by atoms with Crippen molar-refractivity contribution >= 4 is 21.7 Å². The van der Waals surface area contributed by atoms with Crippen LogP contribution in [0.15, 0.2) is 16.7 Å². The molecule has 0 spiro atoms. The van der Waals surface area contributed by atoms with Crippen LogP contribution in [-0.2, 0) is 6.54 Å². The monoisotopic (exact) mass is 339 g/mol. The van der Waals surface area contributed by atoms with Crippen molar-refractivity contribution in [2.24, 2.45) is 11.8 Å². The maximum Gasteiger partial charge on any atom is 0.133 e. The van der Waals surface area contributed by atoms with E-state index in [9.17, 15) is 0 Å². The Morgan fingerprint density at radius 2 is 2.20 bits per heavy atom. The van der Waals surface area contributed by atoms with Crippen molar-refractivity contribution in [3.05, 3.63) is 22.3 Å². The van der Waals surface area contributed by atoms with E-state index in [1.54, 1.807) is 0 Å². The molecule has 2 rings (SSSR count). The molecule has 1 aliphatic rings. The number of nitrogens with zero attached hydrogens (tertiary/aromatic N) is 2. The van der Waals surface area contributed by atoms with E-state index in [0.717, 1.165) is 41.8 Å². The largest absolute Gasteiger partial charge is 0.356 e. The fraction of sp³-hybridized carbons (Fsp3) is 0.688. The molecule has 3 nitrogen and oxygen atoms in total. The van der Waals surface area contributed by atoms with Crippen molar-refractivity contribution in [3.8, 4) is 0 Å². The third-order valence-electron chi connectivity index (χ3n) is 4.29. The second-order valence-corrected chi connectivity index (χ2v) is 7.00. The van der Waals surface area contributed by atoms with E-state index in [1.807, 2.05) is 13.2 Å². The molecule has 1 fully saturated rings. The van der Waals surface area contributed by atoms with Crippen LogP contribution in [0.25, 0.3) is 0 Å². The lowest BCUT2D eigenvalue weighted by Gasteiger charge is -2.25. The molecule has 0 aromatic carbocycles. The lowest BCUT2D eigenvalue weighted by atomic mass is 9.89. The molecule has 112 valence electrons. The maximum absolute atomic E-state index is 4.67. The summed E-state index contributed by atoms with van der Waals surface area (Å²) in [6.07, 6.45) is 5.83. The van der Waals surface area contributed by atoms with E-state index in [0.29, 0.717) is 0 Å². The highest BCUT2D eigenvalue weighted by Crippen LogP contribution is 2.28. The average Bonchev–Trinajstić information content (AvgIpc) is 2.65. The zero-order chi connectivity index (χ0) is 14.5. The first-order chi connectivity index (χ1) is 9.61. The van der Waals surface area contributed by atoms with E-state index in [2.05, 4.69) is 51.0 Å². The first kappa shape index (κ1) is 15.8. The Balaban J connectivity index is 2.14. The Kier molecular flexibility index (Phi) is 5.85. The van der Waals surface area contributed by atoms with Gasteiger partial charge in [0.15, 0.2) is 0 Å². The van der Waals surface area contributed by atoms with Gasteiger partial charge in [-0.15, -0.1) is 0 Å². The zero-order valence-corrected chi connectivity index (χ0v) is 14.4. The van der Waals surface area contributed by atoms with Crippen molar-refractivity contribution in [1.29, 1.82) is 0 Å². The molecule has 1 aromatic heterocycles. The Bertz CT molecular complexity index is 434. The van der Waals surface area contributed by atoms with Crippen LogP contribution in [0.4, 0.5) is 5.82 Å². The molecule has 1 atom stereocenters. The van der Waals surface area contributed by atoms with Gasteiger partial charge >= 0.3 is 0 Å². The van der Waals surface area contributed by atoms with Gasteiger partial charge in [-0.25, -0.2) is 4.98 Å². The van der Waals surface area contributed by atoms with E-state index in [-0.39, 0.29) is 0 Å². The first-order valence-corrected chi connectivity index (χ1v) is 8.45. The van der Waals surface area contributed by atoms with Gasteiger partial charge < -0.3 is 10.2 Å². The number of hydrogen-bond donors (Lipinski definition) is 1. The highest BCUT2D eigenvalue weighted by atomic mass is 79.9. The summed E-state index contributed by atoms with van der Waals surface area (Å²) in [5.74, 6) is 2.82. The third-order valence-corrected chi connectivity index (χ3v) is 4.73. The van der Waals surface area contributed by atoms with Crippen molar-refractivity contribution in [2.45, 2.75) is 39.7 Å². The summed E-state index contributed by atoms with van der Waals surface area (Å²) in [4.78, 5) is 7.14. The highest BCUT2D eigenvalue weighted by molar-refractivity contribution is 9.10. The number of hydrogen-bond acceptors (Lipinski definition) is 3. The molecule has 2 heterocycles. The van der Waals surface area contributed by atoms with Crippen LogP contribution in [0.3, 0.4) is 0 Å². The topological polar surface area (TPSA) is 28.2 Å². The summed E-state index contributed by atoms with van der Waals surface area (Å²) in [6.45, 7) is 7.84. The standard InChI is InChI=1S/C16H26BrN3/c1-12(2)13-5-4-7-20(8-6-13)16-14(10-18-3)9-15(17)11-19-16/h9,11-13,18H,4-8,10H2,1-3H3. The molecule has 4 heteroatoms. The normalized spacial score (nSPS) is 20.2. The predicted molar refractivity (Wildman–Crippen MR) is 89.1 cm³/mol. The van der Waals surface area contributed by atoms with Gasteiger partial charge in [0.05, 0.1) is 0 Å². The lowest BCUT2D eigenvalue weighted by molar-refractivity contribution is 0.351. The minimum Gasteiger partial charge on any atom is -0.356 e. The summed E-state index contributed by atoms with van der Waals surface area (Å²) in [7, 11) is 1.99. The molecule has 0 bridgehead atoms. The Hall–Kier alpha value is -0.610. The van der Waals surface area contributed by atoms with Gasteiger partial charge in [-0.05, 0) is 60.1 Å². The molecular formula is C16H26BrN3. The summed E-state index contributed by atoms with van der Waals surface area (Å²) < 4.78 is 1.06. The number of halogens is 1. The van der Waals surface area contributed by atoms with Gasteiger partial charge in [-0.1, -0.05) is 13.8 Å². The SMILES string of the molecule is CNCc1cc(Br)cnc1N1CCCC(C(C)C)CC1. The Morgan fingerprint density at radius 1 is 1.40 bits per heavy atom. The number of aromatic nitrogens is 1. The Labute approximate surface area is 131 Å². The van der Waals surface area contributed by atoms with Crippen LogP contribution in [0.2, 0.25) is 0 Å². The highest BCUT2D eigenvalue weighted by Gasteiger charge is 2.21. The van der Waals surface area contributed by atoms with Gasteiger partial charge in [-0.2, -0.15) is 0 Å². The van der Waals surface area contributed by atoms with Crippen LogP contribution in [0.1, 0.15) is 38.7 Å². The Morgan fingerprint density at radius 3 is 2.90 bits per heavy atom. The van der Waals surface area contributed by atoms with Crippen LogP contribution in [0.5, 0.6) is 0 Å². The van der Waals surface area contributed by atoms with E-state index in [1.165, 1.54) is 24.8 Å².